The van der Waals surface area contributed by atoms with Gasteiger partial charge >= 0.3 is 5.97 Å². The number of carboxylic acids is 1. The lowest BCUT2D eigenvalue weighted by atomic mass is 9.46. The second kappa shape index (κ2) is 13.8. The van der Waals surface area contributed by atoms with Crippen molar-refractivity contribution in [3.63, 3.8) is 0 Å². The molecule has 2 nitrogen and oxygen atoms in total. The van der Waals surface area contributed by atoms with Gasteiger partial charge in [-0.05, 0) is 161 Å². The lowest BCUT2D eigenvalue weighted by Crippen LogP contribution is -2.51. The van der Waals surface area contributed by atoms with Gasteiger partial charge in [-0.3, -0.25) is 4.79 Å². The Kier molecular flexibility index (Phi) is 9.54. The number of aliphatic carboxylic acids is 1. The molecule has 4 aromatic rings. The number of aryl methyl sites for hydroxylation is 1. The van der Waals surface area contributed by atoms with E-state index in [0.29, 0.717) is 5.41 Å². The Balaban J connectivity index is 0.910. The van der Waals surface area contributed by atoms with Crippen LogP contribution in [-0.4, -0.2) is 11.1 Å². The number of hydrogen-bond acceptors (Lipinski definition) is 1. The number of carboxylic acid groups (broad SMARTS) is 1. The van der Waals surface area contributed by atoms with E-state index in [-0.39, 0.29) is 17.3 Å². The number of benzene rings is 4. The Bertz CT molecular complexity index is 1880. The minimum absolute atomic E-state index is 0.225. The van der Waals surface area contributed by atoms with E-state index in [0.717, 1.165) is 74.0 Å². The third kappa shape index (κ3) is 6.13. The minimum atomic E-state index is -0.562. The Morgan fingerprint density at radius 3 is 2.29 bits per heavy atom. The monoisotopic (exact) mass is 684 g/mol. The predicted octanol–water partition coefficient (Wildman–Crippen LogP) is 13.7. The van der Waals surface area contributed by atoms with Gasteiger partial charge in [0.25, 0.3) is 0 Å². The van der Waals surface area contributed by atoms with Crippen molar-refractivity contribution in [3.8, 4) is 0 Å². The molecule has 0 bridgehead atoms. The molecule has 4 aromatic carbocycles. The minimum Gasteiger partial charge on any atom is -0.481 e. The van der Waals surface area contributed by atoms with Crippen LogP contribution < -0.4 is 0 Å². The van der Waals surface area contributed by atoms with Gasteiger partial charge in [-0.15, -0.1) is 0 Å². The van der Waals surface area contributed by atoms with Gasteiger partial charge in [0.2, 0.25) is 0 Å². The first-order chi connectivity index (χ1) is 24.6. The molecule has 272 valence electrons. The van der Waals surface area contributed by atoms with Gasteiger partial charge in [0.05, 0.1) is 5.92 Å². The molecular weight excluding hydrogens is 621 g/mol. The van der Waals surface area contributed by atoms with Crippen LogP contribution in [0.1, 0.15) is 130 Å². The molecule has 51 heavy (non-hydrogen) atoms. The van der Waals surface area contributed by atoms with E-state index in [4.69, 9.17) is 0 Å². The smallest absolute Gasteiger partial charge is 0.306 e. The summed E-state index contributed by atoms with van der Waals surface area (Å²) in [6.45, 7) is 12.6. The van der Waals surface area contributed by atoms with E-state index in [1.165, 1.54) is 95.7 Å². The van der Waals surface area contributed by atoms with Crippen molar-refractivity contribution in [3.05, 3.63) is 71.8 Å². The molecule has 8 rings (SSSR count). The Morgan fingerprint density at radius 2 is 1.53 bits per heavy atom. The third-order valence-corrected chi connectivity index (χ3v) is 16.1. The fourth-order valence-electron chi connectivity index (χ4n) is 13.3. The standard InChI is InChI=1S/C49H64O2/c1-31(2)10-8-11-32(3)42-24-25-43-41-23-21-38-30-37(26-28-48(38,4)44(41)27-29-49(42,43)5)40(47(50)51)15-7-6-12-33-16-17-36-19-18-34-13-9-14-35-20-22-39(33)46(36)45(34)35/h9,13-14,16-22,31-32,37,40-44H,6-8,10-12,15,23-30H2,1-5H3,(H,50,51)/t32-,37?,40?,41?,42-,43?,44?,48+,49-/m1/s1. The summed E-state index contributed by atoms with van der Waals surface area (Å²) in [5, 5.41) is 18.6. The van der Waals surface area contributed by atoms with Gasteiger partial charge in [0, 0.05) is 0 Å². The summed E-state index contributed by atoms with van der Waals surface area (Å²) >= 11 is 0. The molecule has 4 aliphatic carbocycles. The van der Waals surface area contributed by atoms with Crippen LogP contribution in [0.15, 0.2) is 66.2 Å². The SMILES string of the molecule is CC(C)CCC[C@@H](C)[C@H]1CCC2C3CC=C4CC(C(CCCCc5ccc6ccc7cccc8ccc5c6c78)C(=O)O)CC[C@]4(C)C3CC[C@@]21C. The average molecular weight is 685 g/mol. The van der Waals surface area contributed by atoms with Crippen LogP contribution in [0, 0.1) is 58.2 Å². The van der Waals surface area contributed by atoms with Gasteiger partial charge in [-0.1, -0.05) is 127 Å². The van der Waals surface area contributed by atoms with E-state index in [9.17, 15) is 9.90 Å². The zero-order valence-electron chi connectivity index (χ0n) is 32.4. The molecule has 3 saturated carbocycles. The van der Waals surface area contributed by atoms with Crippen LogP contribution in [0.25, 0.3) is 32.3 Å². The molecule has 0 heterocycles. The highest BCUT2D eigenvalue weighted by Crippen LogP contribution is 2.68. The highest BCUT2D eigenvalue weighted by Gasteiger charge is 2.59. The maximum Gasteiger partial charge on any atom is 0.306 e. The second-order valence-corrected chi connectivity index (χ2v) is 19.1. The number of hydrogen-bond donors (Lipinski definition) is 1. The first-order valence-corrected chi connectivity index (χ1v) is 21.2. The molecule has 0 aromatic heterocycles. The van der Waals surface area contributed by atoms with E-state index in [1.54, 1.807) is 5.57 Å². The first-order valence-electron chi connectivity index (χ1n) is 21.2. The van der Waals surface area contributed by atoms with Gasteiger partial charge in [0.1, 0.15) is 0 Å². The lowest BCUT2D eigenvalue weighted by Gasteiger charge is -2.59. The average Bonchev–Trinajstić information content (AvgIpc) is 3.48. The maximum absolute atomic E-state index is 12.8. The normalized spacial score (nSPS) is 31.8. The number of carbonyl (C=O) groups is 1. The van der Waals surface area contributed by atoms with E-state index >= 15 is 0 Å². The molecule has 1 N–H and O–H groups in total. The van der Waals surface area contributed by atoms with E-state index < -0.39 is 5.97 Å². The zero-order chi connectivity index (χ0) is 35.5. The fraction of sp³-hybridized carbons (Fsp3) is 0.612. The van der Waals surface area contributed by atoms with Crippen LogP contribution in [0.5, 0.6) is 0 Å². The van der Waals surface area contributed by atoms with Crippen molar-refractivity contribution in [1.82, 2.24) is 0 Å². The summed E-state index contributed by atoms with van der Waals surface area (Å²) in [5.41, 5.74) is 3.84. The number of unbranched alkanes of at least 4 members (excludes halogenated alkanes) is 1. The first kappa shape index (κ1) is 35.2. The molecule has 0 radical (unpaired) electrons. The Labute approximate surface area is 308 Å². The molecule has 3 fully saturated rings. The maximum atomic E-state index is 12.8. The summed E-state index contributed by atoms with van der Waals surface area (Å²) < 4.78 is 0. The van der Waals surface area contributed by atoms with Crippen LogP contribution in [0.2, 0.25) is 0 Å². The summed E-state index contributed by atoms with van der Waals surface area (Å²) in [7, 11) is 0. The molecule has 9 atom stereocenters. The van der Waals surface area contributed by atoms with Gasteiger partial charge < -0.3 is 5.11 Å². The highest BCUT2D eigenvalue weighted by molar-refractivity contribution is 6.23. The molecule has 0 spiro atoms. The number of allylic oxidation sites excluding steroid dienone is 2. The molecule has 0 amide bonds. The van der Waals surface area contributed by atoms with Gasteiger partial charge in [0.15, 0.2) is 0 Å². The van der Waals surface area contributed by atoms with Crippen molar-refractivity contribution in [2.24, 2.45) is 58.2 Å². The predicted molar refractivity (Wildman–Crippen MR) is 215 cm³/mol. The van der Waals surface area contributed by atoms with Crippen LogP contribution >= 0.6 is 0 Å². The van der Waals surface area contributed by atoms with Crippen LogP contribution in [0.4, 0.5) is 0 Å². The van der Waals surface area contributed by atoms with Crippen molar-refractivity contribution in [1.29, 1.82) is 0 Å². The third-order valence-electron chi connectivity index (χ3n) is 16.1. The Morgan fingerprint density at radius 1 is 0.784 bits per heavy atom. The Hall–Kier alpha value is -2.87. The van der Waals surface area contributed by atoms with Crippen LogP contribution in [-0.2, 0) is 11.2 Å². The zero-order valence-corrected chi connectivity index (χ0v) is 32.4. The summed E-state index contributed by atoms with van der Waals surface area (Å²) in [5.74, 6) is 4.56. The van der Waals surface area contributed by atoms with E-state index in [1.807, 2.05) is 0 Å². The van der Waals surface area contributed by atoms with Crippen molar-refractivity contribution >= 4 is 38.3 Å². The molecule has 2 heteroatoms. The lowest BCUT2D eigenvalue weighted by molar-refractivity contribution is -0.144. The van der Waals surface area contributed by atoms with Crippen molar-refractivity contribution in [2.75, 3.05) is 0 Å². The summed E-state index contributed by atoms with van der Waals surface area (Å²) in [6, 6.07) is 20.3. The quantitative estimate of drug-likeness (QED) is 0.0916. The van der Waals surface area contributed by atoms with Crippen LogP contribution in [0.3, 0.4) is 0 Å². The number of rotatable bonds is 12. The van der Waals surface area contributed by atoms with E-state index in [2.05, 4.69) is 95.3 Å². The van der Waals surface area contributed by atoms with Gasteiger partial charge in [-0.2, -0.15) is 0 Å². The molecular formula is C49H64O2. The summed E-state index contributed by atoms with van der Waals surface area (Å²) in [6.07, 6.45) is 20.9. The largest absolute Gasteiger partial charge is 0.481 e. The topological polar surface area (TPSA) is 37.3 Å². The summed E-state index contributed by atoms with van der Waals surface area (Å²) in [4.78, 5) is 12.8. The highest BCUT2D eigenvalue weighted by atomic mass is 16.4. The number of fused-ring (bicyclic) bond motifs is 5. The molecule has 4 aliphatic rings. The fourth-order valence-corrected chi connectivity index (χ4v) is 13.3. The second-order valence-electron chi connectivity index (χ2n) is 19.1. The van der Waals surface area contributed by atoms with Crippen molar-refractivity contribution in [2.45, 2.75) is 131 Å². The van der Waals surface area contributed by atoms with Crippen molar-refractivity contribution < 1.29 is 9.90 Å². The van der Waals surface area contributed by atoms with Gasteiger partial charge in [-0.25, -0.2) is 0 Å². The molecule has 0 saturated heterocycles. The molecule has 5 unspecified atom stereocenters. The molecule has 0 aliphatic heterocycles.